The van der Waals surface area contributed by atoms with Gasteiger partial charge in [0.1, 0.15) is 0 Å². The monoisotopic (exact) mass is 343 g/mol. The second kappa shape index (κ2) is 5.54. The Morgan fingerprint density at radius 2 is 1.76 bits per heavy atom. The van der Waals surface area contributed by atoms with Gasteiger partial charge in [-0.2, -0.15) is 0 Å². The molecule has 0 atom stereocenters. The Morgan fingerprint density at radius 1 is 1.05 bits per heavy atom. The minimum Gasteiger partial charge on any atom is -0.417 e. The number of benzene rings is 2. The lowest BCUT2D eigenvalue weighted by atomic mass is 10.1. The van der Waals surface area contributed by atoms with Crippen molar-refractivity contribution in [1.29, 1.82) is 0 Å². The van der Waals surface area contributed by atoms with Crippen molar-refractivity contribution in [2.75, 3.05) is 5.32 Å². The molecule has 0 aliphatic rings. The van der Waals surface area contributed by atoms with Crippen LogP contribution >= 0.6 is 15.9 Å². The summed E-state index contributed by atoms with van der Waals surface area (Å²) in [5, 5.41) is 3.83. The maximum Gasteiger partial charge on any atom is 0.344 e. The summed E-state index contributed by atoms with van der Waals surface area (Å²) in [7, 11) is 0. The number of halogens is 1. The first kappa shape index (κ1) is 13.6. The number of rotatable bonds is 2. The average Bonchev–Trinajstić information content (AvgIpc) is 2.49. The van der Waals surface area contributed by atoms with Gasteiger partial charge < -0.3 is 9.73 Å². The Labute approximate surface area is 128 Å². The number of amides is 1. The predicted octanol–water partition coefficient (Wildman–Crippen LogP) is 3.81. The molecule has 4 nitrogen and oxygen atoms in total. The van der Waals surface area contributed by atoms with Gasteiger partial charge in [0, 0.05) is 4.47 Å². The van der Waals surface area contributed by atoms with Crippen molar-refractivity contribution in [3.05, 3.63) is 75.3 Å². The fraction of sp³-hybridized carbons (Fsp3) is 0. The molecule has 0 aliphatic carbocycles. The van der Waals surface area contributed by atoms with Crippen LogP contribution in [0.1, 0.15) is 10.6 Å². The van der Waals surface area contributed by atoms with E-state index in [0.717, 1.165) is 4.47 Å². The van der Waals surface area contributed by atoms with Crippen LogP contribution in [0, 0.1) is 0 Å². The molecule has 0 aliphatic heterocycles. The van der Waals surface area contributed by atoms with Crippen LogP contribution in [0.2, 0.25) is 0 Å². The van der Waals surface area contributed by atoms with Gasteiger partial charge in [0.15, 0.2) is 5.76 Å². The van der Waals surface area contributed by atoms with E-state index >= 15 is 0 Å². The number of hydrogen-bond donors (Lipinski definition) is 1. The van der Waals surface area contributed by atoms with Crippen molar-refractivity contribution in [1.82, 2.24) is 0 Å². The molecule has 0 spiro atoms. The van der Waals surface area contributed by atoms with Gasteiger partial charge in [-0.3, -0.25) is 4.79 Å². The van der Waals surface area contributed by atoms with E-state index in [4.69, 9.17) is 4.42 Å². The van der Waals surface area contributed by atoms with Gasteiger partial charge in [-0.1, -0.05) is 30.3 Å². The number of hydrogen-bond acceptors (Lipinski definition) is 3. The maximum atomic E-state index is 12.2. The molecule has 0 saturated heterocycles. The van der Waals surface area contributed by atoms with E-state index in [-0.39, 0.29) is 5.76 Å². The number of carbonyl (C=O) groups excluding carboxylic acids is 1. The van der Waals surface area contributed by atoms with Gasteiger partial charge in [0.2, 0.25) is 0 Å². The molecule has 0 saturated carbocycles. The van der Waals surface area contributed by atoms with Gasteiger partial charge in [0.25, 0.3) is 5.91 Å². The third-order valence-corrected chi connectivity index (χ3v) is 3.71. The molecule has 2 aromatic carbocycles. The van der Waals surface area contributed by atoms with Crippen LogP contribution in [0.5, 0.6) is 0 Å². The first-order valence-electron chi connectivity index (χ1n) is 6.24. The molecule has 1 aromatic heterocycles. The molecule has 104 valence electrons. The summed E-state index contributed by atoms with van der Waals surface area (Å²) >= 11 is 3.34. The smallest absolute Gasteiger partial charge is 0.344 e. The SMILES string of the molecule is O=C(Nc1ccccc1Br)c1cc2ccccc2c(=O)o1. The number of nitrogens with one attached hydrogen (secondary N) is 1. The van der Waals surface area contributed by atoms with Crippen LogP contribution in [-0.4, -0.2) is 5.91 Å². The van der Waals surface area contributed by atoms with Crippen LogP contribution in [0.25, 0.3) is 10.8 Å². The van der Waals surface area contributed by atoms with Crippen molar-refractivity contribution >= 4 is 38.3 Å². The zero-order valence-electron chi connectivity index (χ0n) is 10.8. The average molecular weight is 344 g/mol. The van der Waals surface area contributed by atoms with Crippen molar-refractivity contribution in [2.45, 2.75) is 0 Å². The van der Waals surface area contributed by atoms with Gasteiger partial charge >= 0.3 is 5.63 Å². The number of para-hydroxylation sites is 1. The van der Waals surface area contributed by atoms with E-state index < -0.39 is 11.5 Å². The summed E-state index contributed by atoms with van der Waals surface area (Å²) < 4.78 is 5.83. The fourth-order valence-electron chi connectivity index (χ4n) is 1.99. The Balaban J connectivity index is 1.99. The minimum atomic E-state index is -0.523. The second-order valence-corrected chi connectivity index (χ2v) is 5.27. The van der Waals surface area contributed by atoms with Gasteiger partial charge in [-0.15, -0.1) is 0 Å². The quantitative estimate of drug-likeness (QED) is 0.769. The largest absolute Gasteiger partial charge is 0.417 e. The highest BCUT2D eigenvalue weighted by molar-refractivity contribution is 9.10. The zero-order valence-corrected chi connectivity index (χ0v) is 12.4. The van der Waals surface area contributed by atoms with Crippen molar-refractivity contribution < 1.29 is 9.21 Å². The summed E-state index contributed by atoms with van der Waals surface area (Å²) in [5.74, 6) is -0.487. The molecule has 3 rings (SSSR count). The molecule has 1 N–H and O–H groups in total. The number of carbonyl (C=O) groups is 1. The Hall–Kier alpha value is -2.40. The lowest BCUT2D eigenvalue weighted by Gasteiger charge is -2.06. The molecule has 0 fully saturated rings. The standard InChI is InChI=1S/C16H10BrNO3/c17-12-7-3-4-8-13(12)18-15(19)14-9-10-5-1-2-6-11(10)16(20)21-14/h1-9H,(H,18,19). The summed E-state index contributed by atoms with van der Waals surface area (Å²) in [4.78, 5) is 24.1. The molecular formula is C16H10BrNO3. The van der Waals surface area contributed by atoms with Crippen LogP contribution in [0.15, 0.2) is 68.3 Å². The first-order chi connectivity index (χ1) is 10.1. The van der Waals surface area contributed by atoms with E-state index in [0.29, 0.717) is 16.5 Å². The molecule has 1 heterocycles. The molecule has 0 bridgehead atoms. The van der Waals surface area contributed by atoms with Crippen molar-refractivity contribution in [2.24, 2.45) is 0 Å². The molecule has 1 amide bonds. The van der Waals surface area contributed by atoms with Crippen LogP contribution in [0.3, 0.4) is 0 Å². The van der Waals surface area contributed by atoms with E-state index in [2.05, 4.69) is 21.2 Å². The normalized spacial score (nSPS) is 10.5. The van der Waals surface area contributed by atoms with E-state index in [1.54, 1.807) is 42.5 Å². The topological polar surface area (TPSA) is 59.3 Å². The molecule has 3 aromatic rings. The predicted molar refractivity (Wildman–Crippen MR) is 84.6 cm³/mol. The van der Waals surface area contributed by atoms with Gasteiger partial charge in [-0.25, -0.2) is 4.79 Å². The van der Waals surface area contributed by atoms with E-state index in [1.165, 1.54) is 0 Å². The lowest BCUT2D eigenvalue weighted by molar-refractivity contribution is 0.0993. The number of anilines is 1. The van der Waals surface area contributed by atoms with E-state index in [1.807, 2.05) is 12.1 Å². The Kier molecular flexibility index (Phi) is 3.58. The summed E-state index contributed by atoms with van der Waals surface area (Å²) in [5.41, 5.74) is 0.0867. The third kappa shape index (κ3) is 2.73. The molecule has 0 radical (unpaired) electrons. The highest BCUT2D eigenvalue weighted by Gasteiger charge is 2.13. The van der Waals surface area contributed by atoms with Crippen molar-refractivity contribution in [3.63, 3.8) is 0 Å². The highest BCUT2D eigenvalue weighted by Crippen LogP contribution is 2.22. The maximum absolute atomic E-state index is 12.2. The summed E-state index contributed by atoms with van der Waals surface area (Å²) in [6, 6.07) is 15.7. The van der Waals surface area contributed by atoms with Gasteiger partial charge in [-0.05, 0) is 45.6 Å². The minimum absolute atomic E-state index is 0.0190. The molecule has 5 heteroatoms. The molecule has 0 unspecified atom stereocenters. The Morgan fingerprint density at radius 3 is 2.57 bits per heavy atom. The number of fused-ring (bicyclic) bond motifs is 1. The van der Waals surface area contributed by atoms with Gasteiger partial charge in [0.05, 0.1) is 11.1 Å². The summed E-state index contributed by atoms with van der Waals surface area (Å²) in [6.07, 6.45) is 0. The third-order valence-electron chi connectivity index (χ3n) is 3.02. The van der Waals surface area contributed by atoms with Crippen molar-refractivity contribution in [3.8, 4) is 0 Å². The van der Waals surface area contributed by atoms with Crippen LogP contribution < -0.4 is 10.9 Å². The fourth-order valence-corrected chi connectivity index (χ4v) is 2.38. The highest BCUT2D eigenvalue weighted by atomic mass is 79.9. The van der Waals surface area contributed by atoms with Crippen LogP contribution in [0.4, 0.5) is 5.69 Å². The lowest BCUT2D eigenvalue weighted by Crippen LogP contribution is -2.15. The van der Waals surface area contributed by atoms with Crippen LogP contribution in [-0.2, 0) is 0 Å². The molecular weight excluding hydrogens is 334 g/mol. The summed E-state index contributed by atoms with van der Waals surface area (Å²) in [6.45, 7) is 0. The Bertz CT molecular complexity index is 886. The second-order valence-electron chi connectivity index (χ2n) is 4.42. The first-order valence-corrected chi connectivity index (χ1v) is 7.03. The zero-order chi connectivity index (χ0) is 14.8. The van der Waals surface area contributed by atoms with E-state index in [9.17, 15) is 9.59 Å². The molecule has 21 heavy (non-hydrogen) atoms.